The summed E-state index contributed by atoms with van der Waals surface area (Å²) in [4.78, 5) is 21.6. The molecular weight excluding hydrogens is 300 g/mol. The van der Waals surface area contributed by atoms with E-state index >= 15 is 0 Å². The fourth-order valence-electron chi connectivity index (χ4n) is 2.46. The fraction of sp³-hybridized carbons (Fsp3) is 0.462. The number of nitro benzene ring substituents is 1. The van der Waals surface area contributed by atoms with Crippen molar-refractivity contribution in [2.75, 3.05) is 0 Å². The molecule has 1 fully saturated rings. The summed E-state index contributed by atoms with van der Waals surface area (Å²) in [6.45, 7) is 0. The zero-order valence-corrected chi connectivity index (χ0v) is 11.9. The number of carboxylic acid groups (broad SMARTS) is 1. The maximum Gasteiger partial charge on any atom is 0.323 e. The molecule has 1 saturated carbocycles. The van der Waals surface area contributed by atoms with Gasteiger partial charge in [0.05, 0.1) is 4.92 Å². The predicted molar refractivity (Wildman–Crippen MR) is 75.5 cm³/mol. The molecule has 1 aromatic carbocycles. The van der Waals surface area contributed by atoms with E-state index in [4.69, 9.17) is 27.2 Å². The van der Waals surface area contributed by atoms with Crippen LogP contribution in [0.15, 0.2) is 18.2 Å². The molecule has 2 rings (SSSR count). The van der Waals surface area contributed by atoms with E-state index in [-0.39, 0.29) is 17.9 Å². The molecule has 1 aromatic rings. The number of nitro groups is 1. The number of hydrogen-bond donors (Lipinski definition) is 2. The first-order valence-electron chi connectivity index (χ1n) is 6.45. The van der Waals surface area contributed by atoms with E-state index in [9.17, 15) is 14.9 Å². The van der Waals surface area contributed by atoms with Crippen LogP contribution in [0.25, 0.3) is 0 Å². The van der Waals surface area contributed by atoms with Gasteiger partial charge in [-0.3, -0.25) is 14.9 Å². The van der Waals surface area contributed by atoms with Crippen molar-refractivity contribution >= 4 is 23.3 Å². The highest BCUT2D eigenvalue weighted by Gasteiger charge is 2.40. The molecule has 0 aromatic heterocycles. The molecule has 0 radical (unpaired) electrons. The van der Waals surface area contributed by atoms with Gasteiger partial charge < -0.3 is 15.6 Å². The van der Waals surface area contributed by atoms with Crippen molar-refractivity contribution < 1.29 is 19.6 Å². The standard InChI is InChI=1S/C13H15ClN2O5/c14-8-3-4-10(16(19)20)11(6-8)21-9-2-1-5-13(15,7-9)12(17)18/h3-4,6,9H,1-2,5,7,15H2,(H,17,18). The highest BCUT2D eigenvalue weighted by Crippen LogP contribution is 2.35. The van der Waals surface area contributed by atoms with Crippen molar-refractivity contribution in [3.63, 3.8) is 0 Å². The van der Waals surface area contributed by atoms with Gasteiger partial charge in [0.1, 0.15) is 11.6 Å². The van der Waals surface area contributed by atoms with E-state index in [0.717, 1.165) is 0 Å². The third kappa shape index (κ3) is 3.43. The Hall–Kier alpha value is -1.86. The van der Waals surface area contributed by atoms with Crippen molar-refractivity contribution in [1.82, 2.24) is 0 Å². The second-order valence-corrected chi connectivity index (χ2v) is 5.60. The Morgan fingerprint density at radius 2 is 2.29 bits per heavy atom. The molecule has 1 aliphatic carbocycles. The van der Waals surface area contributed by atoms with E-state index in [1.54, 1.807) is 0 Å². The molecule has 0 amide bonds. The lowest BCUT2D eigenvalue weighted by Crippen LogP contribution is -2.53. The zero-order chi connectivity index (χ0) is 15.6. The van der Waals surface area contributed by atoms with E-state index in [1.807, 2.05) is 0 Å². The predicted octanol–water partition coefficient (Wildman–Crippen LogP) is 2.35. The average Bonchev–Trinajstić information content (AvgIpc) is 2.38. The molecule has 114 valence electrons. The Labute approximate surface area is 125 Å². The van der Waals surface area contributed by atoms with Crippen LogP contribution in [0.4, 0.5) is 5.69 Å². The van der Waals surface area contributed by atoms with Gasteiger partial charge in [-0.15, -0.1) is 0 Å². The Balaban J connectivity index is 2.20. The van der Waals surface area contributed by atoms with Gasteiger partial charge in [0, 0.05) is 23.6 Å². The molecule has 8 heteroatoms. The van der Waals surface area contributed by atoms with Crippen LogP contribution >= 0.6 is 11.6 Å². The number of carboxylic acids is 1. The molecule has 1 aliphatic rings. The highest BCUT2D eigenvalue weighted by molar-refractivity contribution is 6.30. The second kappa shape index (κ2) is 5.87. The smallest absolute Gasteiger partial charge is 0.323 e. The summed E-state index contributed by atoms with van der Waals surface area (Å²) in [6, 6.07) is 4.01. The minimum atomic E-state index is -1.35. The van der Waals surface area contributed by atoms with Gasteiger partial charge in [-0.2, -0.15) is 0 Å². The number of ether oxygens (including phenoxy) is 1. The summed E-state index contributed by atoms with van der Waals surface area (Å²) in [6.07, 6.45) is 1.15. The highest BCUT2D eigenvalue weighted by atomic mass is 35.5. The Morgan fingerprint density at radius 3 is 2.90 bits per heavy atom. The van der Waals surface area contributed by atoms with E-state index in [0.29, 0.717) is 24.3 Å². The van der Waals surface area contributed by atoms with E-state index in [2.05, 4.69) is 0 Å². The molecule has 7 nitrogen and oxygen atoms in total. The number of halogens is 1. The first kappa shape index (κ1) is 15.5. The van der Waals surface area contributed by atoms with Crippen molar-refractivity contribution in [2.24, 2.45) is 5.73 Å². The third-order valence-corrected chi connectivity index (χ3v) is 3.81. The zero-order valence-electron chi connectivity index (χ0n) is 11.1. The Morgan fingerprint density at radius 1 is 1.57 bits per heavy atom. The molecule has 0 spiro atoms. The lowest BCUT2D eigenvalue weighted by Gasteiger charge is -2.34. The number of benzene rings is 1. The van der Waals surface area contributed by atoms with Crippen molar-refractivity contribution in [2.45, 2.75) is 37.3 Å². The maximum absolute atomic E-state index is 11.2. The summed E-state index contributed by atoms with van der Waals surface area (Å²) in [5.74, 6) is -1.05. The molecule has 3 N–H and O–H groups in total. The summed E-state index contributed by atoms with van der Waals surface area (Å²) in [5, 5.41) is 20.4. The van der Waals surface area contributed by atoms with Crippen LogP contribution in [0, 0.1) is 10.1 Å². The lowest BCUT2D eigenvalue weighted by molar-refractivity contribution is -0.386. The molecule has 0 bridgehead atoms. The van der Waals surface area contributed by atoms with Gasteiger partial charge in [-0.25, -0.2) is 0 Å². The summed E-state index contributed by atoms with van der Waals surface area (Å²) in [5.41, 5.74) is 4.28. The number of nitrogens with zero attached hydrogens (tertiary/aromatic N) is 1. The number of rotatable bonds is 4. The quantitative estimate of drug-likeness (QED) is 0.651. The fourth-order valence-corrected chi connectivity index (χ4v) is 2.63. The molecule has 21 heavy (non-hydrogen) atoms. The number of nitrogens with two attached hydrogens (primary N) is 1. The monoisotopic (exact) mass is 314 g/mol. The summed E-state index contributed by atoms with van der Waals surface area (Å²) in [7, 11) is 0. The van der Waals surface area contributed by atoms with Crippen LogP contribution in [0.3, 0.4) is 0 Å². The molecule has 0 heterocycles. The summed E-state index contributed by atoms with van der Waals surface area (Å²) >= 11 is 5.82. The van der Waals surface area contributed by atoms with E-state index in [1.165, 1.54) is 18.2 Å². The van der Waals surface area contributed by atoms with E-state index < -0.39 is 22.5 Å². The SMILES string of the molecule is NC1(C(=O)O)CCCC(Oc2cc(Cl)ccc2[N+](=O)[O-])C1. The Kier molecular flexibility index (Phi) is 4.34. The first-order valence-corrected chi connectivity index (χ1v) is 6.82. The molecule has 0 saturated heterocycles. The Bertz CT molecular complexity index is 580. The summed E-state index contributed by atoms with van der Waals surface area (Å²) < 4.78 is 5.60. The number of aliphatic carboxylic acids is 1. The normalized spacial score (nSPS) is 25.3. The van der Waals surface area contributed by atoms with Crippen LogP contribution in [-0.4, -0.2) is 27.6 Å². The van der Waals surface area contributed by atoms with Gasteiger partial charge in [-0.1, -0.05) is 11.6 Å². The van der Waals surface area contributed by atoms with Gasteiger partial charge in [0.15, 0.2) is 5.75 Å². The average molecular weight is 315 g/mol. The number of carbonyl (C=O) groups is 1. The van der Waals surface area contributed by atoms with Crippen LogP contribution in [0.2, 0.25) is 5.02 Å². The van der Waals surface area contributed by atoms with Crippen molar-refractivity contribution in [1.29, 1.82) is 0 Å². The maximum atomic E-state index is 11.2. The second-order valence-electron chi connectivity index (χ2n) is 5.17. The van der Waals surface area contributed by atoms with Crippen molar-refractivity contribution in [3.8, 4) is 5.75 Å². The largest absolute Gasteiger partial charge is 0.483 e. The van der Waals surface area contributed by atoms with Gasteiger partial charge in [-0.05, 0) is 25.3 Å². The molecule has 2 unspecified atom stereocenters. The van der Waals surface area contributed by atoms with Crippen LogP contribution < -0.4 is 10.5 Å². The topological polar surface area (TPSA) is 116 Å². The van der Waals surface area contributed by atoms with Crippen LogP contribution in [0.1, 0.15) is 25.7 Å². The minimum Gasteiger partial charge on any atom is -0.483 e. The van der Waals surface area contributed by atoms with Gasteiger partial charge in [0.2, 0.25) is 0 Å². The van der Waals surface area contributed by atoms with Gasteiger partial charge >= 0.3 is 11.7 Å². The van der Waals surface area contributed by atoms with Crippen LogP contribution in [0.5, 0.6) is 5.75 Å². The van der Waals surface area contributed by atoms with Gasteiger partial charge in [0.25, 0.3) is 0 Å². The molecular formula is C13H15ClN2O5. The van der Waals surface area contributed by atoms with Crippen molar-refractivity contribution in [3.05, 3.63) is 33.3 Å². The minimum absolute atomic E-state index is 0.0344. The third-order valence-electron chi connectivity index (χ3n) is 3.58. The molecule has 0 aliphatic heterocycles. The molecule has 2 atom stereocenters. The first-order chi connectivity index (χ1) is 9.82. The number of hydrogen-bond acceptors (Lipinski definition) is 5. The van der Waals surface area contributed by atoms with Crippen LogP contribution in [-0.2, 0) is 4.79 Å². The lowest BCUT2D eigenvalue weighted by atomic mass is 9.81.